The Labute approximate surface area is 226 Å². The predicted octanol–water partition coefficient (Wildman–Crippen LogP) is 7.09. The van der Waals surface area contributed by atoms with Crippen molar-refractivity contribution in [1.82, 2.24) is 0 Å². The molecule has 0 aromatic heterocycles. The third-order valence-electron chi connectivity index (χ3n) is 6.67. The second-order valence-electron chi connectivity index (χ2n) is 9.47. The largest absolute Gasteiger partial charge is 0.497 e. The molecule has 38 heavy (non-hydrogen) atoms. The summed E-state index contributed by atoms with van der Waals surface area (Å²) in [6.45, 7) is 3.98. The molecule has 0 aliphatic rings. The lowest BCUT2D eigenvalue weighted by Gasteiger charge is -2.26. The average molecular weight is 531 g/mol. The lowest BCUT2D eigenvalue weighted by Crippen LogP contribution is -2.31. The van der Waals surface area contributed by atoms with Gasteiger partial charge in [0.2, 0.25) is 0 Å². The molecule has 0 fully saturated rings. The monoisotopic (exact) mass is 530 g/mol. The van der Waals surface area contributed by atoms with Crippen molar-refractivity contribution in [2.24, 2.45) is 0 Å². The van der Waals surface area contributed by atoms with Crippen LogP contribution in [0.1, 0.15) is 56.6 Å². The molecule has 0 saturated carbocycles. The first-order valence-corrected chi connectivity index (χ1v) is 14.2. The highest BCUT2D eigenvalue weighted by atomic mass is 32.2. The van der Waals surface area contributed by atoms with E-state index in [0.717, 1.165) is 48.1 Å². The van der Waals surface area contributed by atoms with Gasteiger partial charge >= 0.3 is 0 Å². The molecule has 3 rings (SSSR count). The van der Waals surface area contributed by atoms with E-state index in [2.05, 4.69) is 19.1 Å². The number of ether oxygens (including phenoxy) is 1. The van der Waals surface area contributed by atoms with Crippen LogP contribution in [0.3, 0.4) is 0 Å². The molecule has 0 N–H and O–H groups in total. The van der Waals surface area contributed by atoms with Crippen LogP contribution >= 0.6 is 0 Å². The second-order valence-corrected chi connectivity index (χ2v) is 11.0. The molecule has 0 spiro atoms. The summed E-state index contributed by atoms with van der Waals surface area (Å²) in [6.07, 6.45) is 3.27. The summed E-state index contributed by atoms with van der Waals surface area (Å²) in [4.78, 5) is 0.0602. The molecule has 0 saturated heterocycles. The molecule has 1 atom stereocenters. The van der Waals surface area contributed by atoms with E-state index < -0.39 is 21.6 Å². The Kier molecular flexibility index (Phi) is 10.1. The van der Waals surface area contributed by atoms with Crippen LogP contribution in [0.2, 0.25) is 0 Å². The highest BCUT2D eigenvalue weighted by Gasteiger charge is 2.37. The third kappa shape index (κ3) is 7.22. The quantitative estimate of drug-likeness (QED) is 0.173. The number of rotatable bonds is 13. The fraction of sp³-hybridized carbons (Fsp3) is 0.355. The molecule has 0 unspecified atom stereocenters. The zero-order valence-electron chi connectivity index (χ0n) is 22.2. The fourth-order valence-electron chi connectivity index (χ4n) is 4.36. The Balaban J connectivity index is 1.88. The number of hydrogen-bond acceptors (Lipinski definition) is 6. The molecule has 6 nitrogen and oxygen atoms in total. The maximum absolute atomic E-state index is 13.1. The highest BCUT2D eigenvalue weighted by Crippen LogP contribution is 2.34. The summed E-state index contributed by atoms with van der Waals surface area (Å²) in [6, 6.07) is 25.6. The average Bonchev–Trinajstić information content (AvgIpc) is 2.94. The summed E-state index contributed by atoms with van der Waals surface area (Å²) < 4.78 is 37.1. The molecule has 0 radical (unpaired) electrons. The second kappa shape index (κ2) is 13.2. The molecular formula is C31H34N2O4S. The summed E-state index contributed by atoms with van der Waals surface area (Å²) >= 11 is 0. The van der Waals surface area contributed by atoms with E-state index in [-0.39, 0.29) is 11.3 Å². The van der Waals surface area contributed by atoms with Crippen LogP contribution in [-0.2, 0) is 19.7 Å². The van der Waals surface area contributed by atoms with Gasteiger partial charge in [0.05, 0.1) is 30.2 Å². The smallest absolute Gasteiger partial charge is 0.297 e. The van der Waals surface area contributed by atoms with Crippen molar-refractivity contribution in [2.45, 2.75) is 68.8 Å². The maximum atomic E-state index is 13.1. The number of unbranched alkanes of at least 4 members (excludes halogenated alkanes) is 3. The molecule has 0 aliphatic heterocycles. The highest BCUT2D eigenvalue weighted by molar-refractivity contribution is 7.86. The van der Waals surface area contributed by atoms with Crippen LogP contribution < -0.4 is 4.74 Å². The summed E-state index contributed by atoms with van der Waals surface area (Å²) in [7, 11) is -2.46. The first-order chi connectivity index (χ1) is 18.3. The number of aryl methyl sites for hydroxylation is 1. The van der Waals surface area contributed by atoms with Gasteiger partial charge in [-0.2, -0.15) is 18.9 Å². The molecule has 0 heterocycles. The minimum atomic E-state index is -4.07. The Hall–Kier alpha value is -3.65. The van der Waals surface area contributed by atoms with Gasteiger partial charge in [-0.15, -0.1) is 0 Å². The van der Waals surface area contributed by atoms with Gasteiger partial charge in [0, 0.05) is 6.42 Å². The van der Waals surface area contributed by atoms with Crippen LogP contribution in [-0.4, -0.2) is 21.6 Å². The van der Waals surface area contributed by atoms with Crippen molar-refractivity contribution < 1.29 is 17.3 Å². The molecule has 198 valence electrons. The van der Waals surface area contributed by atoms with E-state index in [1.807, 2.05) is 43.3 Å². The van der Waals surface area contributed by atoms with Gasteiger partial charge < -0.3 is 4.74 Å². The van der Waals surface area contributed by atoms with Gasteiger partial charge in [-0.3, -0.25) is 4.18 Å². The molecule has 7 heteroatoms. The Morgan fingerprint density at radius 3 is 1.95 bits per heavy atom. The first kappa shape index (κ1) is 28.9. The number of hydrogen-bond donors (Lipinski definition) is 0. The van der Waals surface area contributed by atoms with Crippen LogP contribution in [0.25, 0.3) is 11.1 Å². The Morgan fingerprint density at radius 1 is 0.842 bits per heavy atom. The van der Waals surface area contributed by atoms with Crippen molar-refractivity contribution >= 4 is 10.1 Å². The zero-order chi connectivity index (χ0) is 27.6. The fourth-order valence-corrected chi connectivity index (χ4v) is 5.46. The molecule has 3 aromatic carbocycles. The SMILES string of the molecule is CCCCCC[C@H](CC(C#N)(C#N)c1ccc(-c2ccc(OC)cc2)cc1)OS(=O)(=O)c1ccc(C)cc1. The molecule has 0 amide bonds. The van der Waals surface area contributed by atoms with Crippen LogP contribution in [0.15, 0.2) is 77.7 Å². The zero-order valence-corrected chi connectivity index (χ0v) is 23.0. The topological polar surface area (TPSA) is 100 Å². The van der Waals surface area contributed by atoms with Crippen LogP contribution in [0.4, 0.5) is 0 Å². The Bertz CT molecular complexity index is 1350. The maximum Gasteiger partial charge on any atom is 0.297 e. The van der Waals surface area contributed by atoms with Crippen LogP contribution in [0.5, 0.6) is 5.75 Å². The normalized spacial score (nSPS) is 12.3. The van der Waals surface area contributed by atoms with E-state index in [1.54, 1.807) is 31.4 Å². The van der Waals surface area contributed by atoms with Gasteiger partial charge in [-0.05, 0) is 54.3 Å². The Morgan fingerprint density at radius 2 is 1.42 bits per heavy atom. The number of benzene rings is 3. The summed E-state index contributed by atoms with van der Waals surface area (Å²) in [5.74, 6) is 0.754. The molecule has 0 bridgehead atoms. The van der Waals surface area contributed by atoms with E-state index in [0.29, 0.717) is 12.0 Å². The van der Waals surface area contributed by atoms with Gasteiger partial charge in [0.15, 0.2) is 5.41 Å². The van der Waals surface area contributed by atoms with Crippen molar-refractivity contribution in [1.29, 1.82) is 10.5 Å². The van der Waals surface area contributed by atoms with Gasteiger partial charge in [-0.1, -0.05) is 86.7 Å². The van der Waals surface area contributed by atoms with Crippen molar-refractivity contribution in [3.8, 4) is 29.0 Å². The minimum Gasteiger partial charge on any atom is -0.497 e. The molecule has 0 aliphatic carbocycles. The van der Waals surface area contributed by atoms with E-state index in [1.165, 1.54) is 12.1 Å². The van der Waals surface area contributed by atoms with Gasteiger partial charge in [-0.25, -0.2) is 0 Å². The van der Waals surface area contributed by atoms with Crippen molar-refractivity contribution in [3.05, 3.63) is 83.9 Å². The van der Waals surface area contributed by atoms with Crippen molar-refractivity contribution in [3.63, 3.8) is 0 Å². The first-order valence-electron chi connectivity index (χ1n) is 12.8. The standard InChI is InChI=1S/C31H34N2O4S/c1-4-5-6-7-8-29(37-38(34,35)30-19-9-24(2)10-20-30)21-31(22-32,23-33)27-15-11-25(12-16-27)26-13-17-28(36-3)18-14-26/h9-20,29H,4-8,21H2,1-3H3/t29-/m1/s1. The van der Waals surface area contributed by atoms with E-state index in [9.17, 15) is 18.9 Å². The third-order valence-corrected chi connectivity index (χ3v) is 8.04. The van der Waals surface area contributed by atoms with Crippen LogP contribution in [0, 0.1) is 29.6 Å². The summed E-state index contributed by atoms with van der Waals surface area (Å²) in [5.41, 5.74) is 1.78. The molecule has 3 aromatic rings. The summed E-state index contributed by atoms with van der Waals surface area (Å²) in [5, 5.41) is 20.4. The number of nitriles is 2. The lowest BCUT2D eigenvalue weighted by atomic mass is 9.77. The predicted molar refractivity (Wildman–Crippen MR) is 148 cm³/mol. The van der Waals surface area contributed by atoms with Crippen molar-refractivity contribution in [2.75, 3.05) is 7.11 Å². The minimum absolute atomic E-state index is 0.0564. The number of methoxy groups -OCH3 is 1. The van der Waals surface area contributed by atoms with Gasteiger partial charge in [0.1, 0.15) is 5.75 Å². The number of nitrogens with zero attached hydrogens (tertiary/aromatic N) is 2. The van der Waals surface area contributed by atoms with E-state index >= 15 is 0 Å². The van der Waals surface area contributed by atoms with Gasteiger partial charge in [0.25, 0.3) is 10.1 Å². The molecular weight excluding hydrogens is 496 g/mol. The lowest BCUT2D eigenvalue weighted by molar-refractivity contribution is 0.171. The van der Waals surface area contributed by atoms with E-state index in [4.69, 9.17) is 8.92 Å².